The molecule has 6 rings (SSSR count). The van der Waals surface area contributed by atoms with Crippen molar-refractivity contribution in [3.05, 3.63) is 101 Å². The Bertz CT molecular complexity index is 2280. The summed E-state index contributed by atoms with van der Waals surface area (Å²) in [4.78, 5) is 21.0. The standard InChI is InChI=1S/C18H16F3N3O3S.C17H16ClN3/c1-11-9-12(6-7-16(11)24(2)3)14-10-15-13(5-4-8-22-15)17(23-14)27-28(25,26)18(19,20)21;1-11-9-12(6-7-16(11)21(2)3)14-10-15-13(17(18)20-14)5-4-8-19-15/h4-10H,1-3H3;4-10H,1-3H3. The van der Waals surface area contributed by atoms with Gasteiger partial charge >= 0.3 is 15.6 Å². The first-order chi connectivity index (χ1) is 23.1. The molecular weight excluding hydrogens is 677 g/mol. The van der Waals surface area contributed by atoms with E-state index < -0.39 is 21.5 Å². The highest BCUT2D eigenvalue weighted by Crippen LogP contribution is 2.34. The van der Waals surface area contributed by atoms with Gasteiger partial charge < -0.3 is 14.0 Å². The molecule has 0 saturated heterocycles. The van der Waals surface area contributed by atoms with Crippen molar-refractivity contribution < 1.29 is 25.8 Å². The van der Waals surface area contributed by atoms with Gasteiger partial charge in [-0.15, -0.1) is 0 Å². The maximum Gasteiger partial charge on any atom is 0.534 e. The Balaban J connectivity index is 0.000000199. The van der Waals surface area contributed by atoms with Crippen LogP contribution in [-0.2, 0) is 10.1 Å². The second-order valence-corrected chi connectivity index (χ2v) is 13.4. The van der Waals surface area contributed by atoms with Gasteiger partial charge in [-0.05, 0) is 85.6 Å². The van der Waals surface area contributed by atoms with Gasteiger partial charge in [0.15, 0.2) is 0 Å². The van der Waals surface area contributed by atoms with Crippen LogP contribution in [-0.4, -0.2) is 62.1 Å². The Morgan fingerprint density at radius 3 is 1.63 bits per heavy atom. The lowest BCUT2D eigenvalue weighted by Crippen LogP contribution is -2.28. The van der Waals surface area contributed by atoms with Crippen LogP contribution in [0.3, 0.4) is 0 Å². The van der Waals surface area contributed by atoms with E-state index in [1.807, 2.05) is 64.3 Å². The molecule has 0 bridgehead atoms. The second kappa shape index (κ2) is 13.8. The summed E-state index contributed by atoms with van der Waals surface area (Å²) >= 11 is 6.27. The predicted molar refractivity (Wildman–Crippen MR) is 189 cm³/mol. The minimum absolute atomic E-state index is 0.0562. The lowest BCUT2D eigenvalue weighted by molar-refractivity contribution is -0.0500. The third kappa shape index (κ3) is 7.68. The minimum Gasteiger partial charge on any atom is -0.377 e. The predicted octanol–water partition coefficient (Wildman–Crippen LogP) is 8.22. The van der Waals surface area contributed by atoms with Gasteiger partial charge in [0.2, 0.25) is 5.88 Å². The number of hydrogen-bond acceptors (Lipinski definition) is 9. The van der Waals surface area contributed by atoms with E-state index in [0.29, 0.717) is 10.7 Å². The minimum atomic E-state index is -5.86. The molecule has 0 unspecified atom stereocenters. The number of halogens is 4. The van der Waals surface area contributed by atoms with E-state index in [9.17, 15) is 21.6 Å². The fourth-order valence-corrected chi connectivity index (χ4v) is 5.90. The van der Waals surface area contributed by atoms with E-state index in [0.717, 1.165) is 33.4 Å². The van der Waals surface area contributed by atoms with Gasteiger partial charge in [-0.1, -0.05) is 23.7 Å². The van der Waals surface area contributed by atoms with Crippen LogP contribution in [0.15, 0.2) is 85.2 Å². The number of aryl methyl sites for hydroxylation is 2. The van der Waals surface area contributed by atoms with Crippen molar-refractivity contribution in [1.82, 2.24) is 19.9 Å². The lowest BCUT2D eigenvalue weighted by atomic mass is 10.1. The first kappa shape index (κ1) is 35.3. The summed E-state index contributed by atoms with van der Waals surface area (Å²) in [5.41, 5.74) is 2.55. The van der Waals surface area contributed by atoms with Crippen LogP contribution in [0.5, 0.6) is 5.88 Å². The highest BCUT2D eigenvalue weighted by atomic mass is 35.5. The Kier molecular flexibility index (Phi) is 9.97. The fourth-order valence-electron chi connectivity index (χ4n) is 5.22. The molecule has 0 fully saturated rings. The summed E-state index contributed by atoms with van der Waals surface area (Å²) in [5, 5.41) is 1.43. The van der Waals surface area contributed by atoms with Gasteiger partial charge in [-0.3, -0.25) is 9.97 Å². The number of hydrogen-bond donors (Lipinski definition) is 0. The van der Waals surface area contributed by atoms with Crippen molar-refractivity contribution in [2.24, 2.45) is 0 Å². The molecule has 0 aliphatic heterocycles. The molecule has 0 N–H and O–H groups in total. The molecule has 0 radical (unpaired) electrons. The lowest BCUT2D eigenvalue weighted by Gasteiger charge is -2.17. The zero-order chi connectivity index (χ0) is 35.7. The number of rotatable bonds is 6. The van der Waals surface area contributed by atoms with Crippen molar-refractivity contribution in [2.45, 2.75) is 19.4 Å². The Labute approximate surface area is 287 Å². The van der Waals surface area contributed by atoms with Crippen LogP contribution in [0.1, 0.15) is 11.1 Å². The highest BCUT2D eigenvalue weighted by molar-refractivity contribution is 7.88. The Morgan fingerprint density at radius 2 is 1.16 bits per heavy atom. The maximum absolute atomic E-state index is 12.8. The van der Waals surface area contributed by atoms with Crippen molar-refractivity contribution in [3.8, 4) is 28.4 Å². The van der Waals surface area contributed by atoms with Gasteiger partial charge in [0.1, 0.15) is 5.15 Å². The third-order valence-corrected chi connectivity index (χ3v) is 8.77. The molecule has 0 aliphatic rings. The van der Waals surface area contributed by atoms with Crippen molar-refractivity contribution in [1.29, 1.82) is 0 Å². The molecule has 4 heterocycles. The summed E-state index contributed by atoms with van der Waals surface area (Å²) in [6, 6.07) is 21.8. The zero-order valence-electron chi connectivity index (χ0n) is 27.4. The van der Waals surface area contributed by atoms with E-state index in [2.05, 4.69) is 54.1 Å². The molecule has 49 heavy (non-hydrogen) atoms. The SMILES string of the molecule is Cc1cc(-c2cc3ncccc3c(Cl)n2)ccc1N(C)C.Cc1cc(-c2cc3ncccc3c(OS(=O)(=O)C(F)(F)F)n2)ccc1N(C)C. The maximum atomic E-state index is 12.8. The van der Waals surface area contributed by atoms with Crippen molar-refractivity contribution in [3.63, 3.8) is 0 Å². The Hall–Kier alpha value is -5.01. The molecule has 9 nitrogen and oxygen atoms in total. The van der Waals surface area contributed by atoms with Crippen LogP contribution in [0, 0.1) is 13.8 Å². The van der Waals surface area contributed by atoms with Gasteiger partial charge in [-0.25, -0.2) is 9.97 Å². The smallest absolute Gasteiger partial charge is 0.377 e. The van der Waals surface area contributed by atoms with Crippen LogP contribution in [0.2, 0.25) is 5.15 Å². The number of benzene rings is 2. The second-order valence-electron chi connectivity index (χ2n) is 11.5. The van der Waals surface area contributed by atoms with E-state index in [1.54, 1.807) is 24.4 Å². The normalized spacial score (nSPS) is 11.6. The van der Waals surface area contributed by atoms with Crippen molar-refractivity contribution >= 4 is 54.9 Å². The molecule has 6 aromatic rings. The van der Waals surface area contributed by atoms with Crippen LogP contribution < -0.4 is 14.0 Å². The van der Waals surface area contributed by atoms with E-state index in [1.165, 1.54) is 29.6 Å². The molecule has 4 aromatic heterocycles. The molecule has 0 amide bonds. The van der Waals surface area contributed by atoms with Crippen LogP contribution in [0.25, 0.3) is 44.3 Å². The molecule has 0 saturated carbocycles. The summed E-state index contributed by atoms with van der Waals surface area (Å²) in [6.45, 7) is 3.98. The summed E-state index contributed by atoms with van der Waals surface area (Å²) in [5.74, 6) is -0.674. The summed E-state index contributed by atoms with van der Waals surface area (Å²) < 4.78 is 65.5. The topological polar surface area (TPSA) is 101 Å². The number of alkyl halides is 3. The molecule has 0 atom stereocenters. The number of aromatic nitrogens is 4. The molecule has 254 valence electrons. The first-order valence-corrected chi connectivity index (χ1v) is 16.6. The molecule has 14 heteroatoms. The largest absolute Gasteiger partial charge is 0.534 e. The highest BCUT2D eigenvalue weighted by Gasteiger charge is 2.49. The van der Waals surface area contributed by atoms with Gasteiger partial charge in [0.25, 0.3) is 0 Å². The average Bonchev–Trinajstić information content (AvgIpc) is 3.04. The summed E-state index contributed by atoms with van der Waals surface area (Å²) in [6.07, 6.45) is 3.21. The monoisotopic (exact) mass is 708 g/mol. The van der Waals surface area contributed by atoms with Crippen LogP contribution in [0.4, 0.5) is 24.5 Å². The van der Waals surface area contributed by atoms with Crippen LogP contribution >= 0.6 is 11.6 Å². The van der Waals surface area contributed by atoms with E-state index in [4.69, 9.17) is 11.6 Å². The molecule has 2 aromatic carbocycles. The molecule has 0 aliphatic carbocycles. The van der Waals surface area contributed by atoms with Gasteiger partial charge in [-0.2, -0.15) is 21.6 Å². The Morgan fingerprint density at radius 1 is 0.694 bits per heavy atom. The number of nitrogens with zero attached hydrogens (tertiary/aromatic N) is 6. The van der Waals surface area contributed by atoms with Gasteiger partial charge in [0.05, 0.1) is 27.8 Å². The quantitative estimate of drug-likeness (QED) is 0.0962. The first-order valence-electron chi connectivity index (χ1n) is 14.8. The third-order valence-electron chi connectivity index (χ3n) is 7.54. The van der Waals surface area contributed by atoms with E-state index in [-0.39, 0.29) is 16.6 Å². The van der Waals surface area contributed by atoms with Crippen molar-refractivity contribution in [2.75, 3.05) is 38.0 Å². The molecular formula is C35H32ClF3N6O3S. The summed E-state index contributed by atoms with van der Waals surface area (Å²) in [7, 11) is 1.98. The number of fused-ring (bicyclic) bond motifs is 2. The zero-order valence-corrected chi connectivity index (χ0v) is 29.0. The fraction of sp³-hybridized carbons (Fsp3) is 0.200. The van der Waals surface area contributed by atoms with E-state index >= 15 is 0 Å². The van der Waals surface area contributed by atoms with Gasteiger partial charge in [0, 0.05) is 68.5 Å². The molecule has 0 spiro atoms. The number of pyridine rings is 4. The number of anilines is 2. The average molecular weight is 709 g/mol.